The molecule has 0 saturated heterocycles. The van der Waals surface area contributed by atoms with E-state index in [1.807, 2.05) is 0 Å². The highest BCUT2D eigenvalue weighted by atomic mass is 19.4. The fourth-order valence-corrected chi connectivity index (χ4v) is 2.66. The van der Waals surface area contributed by atoms with Gasteiger partial charge in [-0.1, -0.05) is 0 Å². The number of benzene rings is 2. The van der Waals surface area contributed by atoms with E-state index in [0.29, 0.717) is 22.2 Å². The molecule has 0 spiro atoms. The number of hydrogen-bond acceptors (Lipinski definition) is 4. The maximum atomic E-state index is 12.3. The number of anilines is 1. The van der Waals surface area contributed by atoms with E-state index < -0.39 is 18.1 Å². The van der Waals surface area contributed by atoms with Crippen molar-refractivity contribution >= 4 is 28.5 Å². The Balaban J connectivity index is 2.05. The summed E-state index contributed by atoms with van der Waals surface area (Å²) in [5.41, 5.74) is 1.42. The molecular weight excluding hydrogens is 377 g/mol. The molecule has 3 aromatic rings. The highest BCUT2D eigenvalue weighted by Gasteiger charge is 2.31. The molecule has 2 aromatic carbocycles. The molecule has 0 bridgehead atoms. The number of carboxylic acid groups (broad SMARTS) is 1. The summed E-state index contributed by atoms with van der Waals surface area (Å²) < 4.78 is 40.6. The molecule has 0 radical (unpaired) electrons. The normalized spacial score (nSPS) is 11.3. The van der Waals surface area contributed by atoms with E-state index >= 15 is 0 Å². The lowest BCUT2D eigenvalue weighted by Crippen LogP contribution is -2.16. The molecule has 0 aliphatic rings. The molecule has 0 unspecified atom stereocenters. The number of ether oxygens (including phenoxy) is 1. The lowest BCUT2D eigenvalue weighted by molar-refractivity contribution is -0.274. The topological polar surface area (TPSA) is 88.5 Å². The number of carbonyl (C=O) groups is 2. The van der Waals surface area contributed by atoms with Crippen molar-refractivity contribution in [3.05, 3.63) is 54.1 Å². The van der Waals surface area contributed by atoms with Gasteiger partial charge in [0.15, 0.2) is 0 Å². The second kappa shape index (κ2) is 7.18. The predicted octanol–water partition coefficient (Wildman–Crippen LogP) is 4.46. The van der Waals surface area contributed by atoms with Gasteiger partial charge < -0.3 is 15.2 Å². The lowest BCUT2D eigenvalue weighted by Gasteiger charge is -2.11. The van der Waals surface area contributed by atoms with Gasteiger partial charge in [-0.3, -0.25) is 4.79 Å². The van der Waals surface area contributed by atoms with Gasteiger partial charge in [-0.2, -0.15) is 0 Å². The van der Waals surface area contributed by atoms with Crippen molar-refractivity contribution in [2.75, 3.05) is 5.32 Å². The van der Waals surface area contributed by atoms with Crippen LogP contribution in [0.25, 0.3) is 22.2 Å². The number of aromatic carboxylic acids is 1. The summed E-state index contributed by atoms with van der Waals surface area (Å²) in [6.07, 6.45) is -4.80. The third-order valence-corrected chi connectivity index (χ3v) is 3.74. The third kappa shape index (κ3) is 4.37. The standard InChI is InChI=1S/C19H13F3N2O4/c1-10(25)23-12-4-7-16-14(8-12)15(18(26)27)9-17(24-16)11-2-5-13(6-3-11)28-19(20,21)22/h2-9H,1H3,(H,23,25)(H,26,27). The average Bonchev–Trinajstić information content (AvgIpc) is 2.59. The van der Waals surface area contributed by atoms with Gasteiger partial charge >= 0.3 is 12.3 Å². The second-order valence-electron chi connectivity index (χ2n) is 5.85. The number of carboxylic acids is 1. The first-order valence-corrected chi connectivity index (χ1v) is 7.94. The Hall–Kier alpha value is -3.62. The molecule has 9 heteroatoms. The van der Waals surface area contributed by atoms with Crippen molar-refractivity contribution in [2.45, 2.75) is 13.3 Å². The summed E-state index contributed by atoms with van der Waals surface area (Å²) >= 11 is 0. The minimum atomic E-state index is -4.80. The van der Waals surface area contributed by atoms with Gasteiger partial charge in [0, 0.05) is 23.6 Å². The second-order valence-corrected chi connectivity index (χ2v) is 5.85. The fraction of sp³-hybridized carbons (Fsp3) is 0.105. The van der Waals surface area contributed by atoms with Crippen LogP contribution in [-0.4, -0.2) is 28.3 Å². The molecule has 0 aliphatic heterocycles. The number of rotatable bonds is 4. The highest BCUT2D eigenvalue weighted by Crippen LogP contribution is 2.29. The Kier molecular flexibility index (Phi) is 4.91. The van der Waals surface area contributed by atoms with E-state index in [2.05, 4.69) is 15.0 Å². The van der Waals surface area contributed by atoms with Crippen LogP contribution in [0.15, 0.2) is 48.5 Å². The molecule has 0 atom stereocenters. The Morgan fingerprint density at radius 1 is 1.07 bits per heavy atom. The van der Waals surface area contributed by atoms with Gasteiger partial charge in [-0.25, -0.2) is 9.78 Å². The van der Waals surface area contributed by atoms with Gasteiger partial charge in [-0.05, 0) is 48.5 Å². The SMILES string of the molecule is CC(=O)Nc1ccc2nc(-c3ccc(OC(F)(F)F)cc3)cc(C(=O)O)c2c1. The Morgan fingerprint density at radius 3 is 2.32 bits per heavy atom. The highest BCUT2D eigenvalue weighted by molar-refractivity contribution is 6.05. The first-order valence-electron chi connectivity index (χ1n) is 7.94. The van der Waals surface area contributed by atoms with E-state index in [1.165, 1.54) is 31.2 Å². The van der Waals surface area contributed by atoms with Crippen LogP contribution < -0.4 is 10.1 Å². The minimum absolute atomic E-state index is 0.0529. The summed E-state index contributed by atoms with van der Waals surface area (Å²) in [6.45, 7) is 1.33. The first-order chi connectivity index (χ1) is 13.1. The maximum Gasteiger partial charge on any atom is 0.573 e. The molecule has 0 saturated carbocycles. The number of nitrogens with one attached hydrogen (secondary N) is 1. The summed E-state index contributed by atoms with van der Waals surface area (Å²) in [4.78, 5) is 27.3. The molecule has 2 N–H and O–H groups in total. The van der Waals surface area contributed by atoms with Gasteiger partial charge in [-0.15, -0.1) is 13.2 Å². The van der Waals surface area contributed by atoms with E-state index in [1.54, 1.807) is 12.1 Å². The van der Waals surface area contributed by atoms with E-state index in [0.717, 1.165) is 12.1 Å². The summed E-state index contributed by atoms with van der Waals surface area (Å²) in [5, 5.41) is 12.4. The van der Waals surface area contributed by atoms with Crippen LogP contribution in [0.1, 0.15) is 17.3 Å². The van der Waals surface area contributed by atoms with Crippen LogP contribution in [-0.2, 0) is 4.79 Å². The fourth-order valence-electron chi connectivity index (χ4n) is 2.66. The number of halogens is 3. The Labute approximate surface area is 156 Å². The number of fused-ring (bicyclic) bond motifs is 1. The van der Waals surface area contributed by atoms with Crippen LogP contribution >= 0.6 is 0 Å². The van der Waals surface area contributed by atoms with E-state index in [4.69, 9.17) is 0 Å². The van der Waals surface area contributed by atoms with Crippen LogP contribution in [0.4, 0.5) is 18.9 Å². The number of carbonyl (C=O) groups excluding carboxylic acids is 1. The van der Waals surface area contributed by atoms with Gasteiger partial charge in [0.25, 0.3) is 0 Å². The number of alkyl halides is 3. The zero-order valence-corrected chi connectivity index (χ0v) is 14.4. The number of amides is 1. The lowest BCUT2D eigenvalue weighted by atomic mass is 10.0. The molecule has 144 valence electrons. The van der Waals surface area contributed by atoms with Gasteiger partial charge in [0.05, 0.1) is 16.8 Å². The van der Waals surface area contributed by atoms with Crippen molar-refractivity contribution in [3.63, 3.8) is 0 Å². The average molecular weight is 390 g/mol. The molecule has 3 rings (SSSR count). The summed E-state index contributed by atoms with van der Waals surface area (Å²) in [7, 11) is 0. The van der Waals surface area contributed by atoms with E-state index in [-0.39, 0.29) is 17.2 Å². The molecule has 1 aromatic heterocycles. The molecule has 28 heavy (non-hydrogen) atoms. The van der Waals surface area contributed by atoms with Crippen molar-refractivity contribution in [2.24, 2.45) is 0 Å². The van der Waals surface area contributed by atoms with Crippen LogP contribution in [0.5, 0.6) is 5.75 Å². The largest absolute Gasteiger partial charge is 0.573 e. The summed E-state index contributed by atoms with van der Waals surface area (Å²) in [5.74, 6) is -1.90. The van der Waals surface area contributed by atoms with Crippen molar-refractivity contribution in [1.29, 1.82) is 0 Å². The third-order valence-electron chi connectivity index (χ3n) is 3.74. The predicted molar refractivity (Wildman–Crippen MR) is 95.1 cm³/mol. The molecule has 0 aliphatic carbocycles. The smallest absolute Gasteiger partial charge is 0.478 e. The number of hydrogen-bond donors (Lipinski definition) is 2. The van der Waals surface area contributed by atoms with Crippen molar-refractivity contribution < 1.29 is 32.6 Å². The number of aromatic nitrogens is 1. The first kappa shape index (κ1) is 19.2. The Morgan fingerprint density at radius 2 is 1.75 bits per heavy atom. The van der Waals surface area contributed by atoms with Gasteiger partial charge in [0.1, 0.15) is 5.75 Å². The minimum Gasteiger partial charge on any atom is -0.478 e. The van der Waals surface area contributed by atoms with E-state index in [9.17, 15) is 27.9 Å². The monoisotopic (exact) mass is 390 g/mol. The zero-order chi connectivity index (χ0) is 20.5. The van der Waals surface area contributed by atoms with Crippen molar-refractivity contribution in [3.8, 4) is 17.0 Å². The summed E-state index contributed by atoms with van der Waals surface area (Å²) in [6, 6.07) is 10.9. The maximum absolute atomic E-state index is 12.3. The quantitative estimate of drug-likeness (QED) is 0.687. The Bertz CT molecular complexity index is 1060. The molecule has 1 heterocycles. The number of pyridine rings is 1. The van der Waals surface area contributed by atoms with Crippen LogP contribution in [0.2, 0.25) is 0 Å². The van der Waals surface area contributed by atoms with Gasteiger partial charge in [0.2, 0.25) is 5.91 Å². The molecule has 6 nitrogen and oxygen atoms in total. The van der Waals surface area contributed by atoms with Crippen LogP contribution in [0, 0.1) is 0 Å². The molecule has 1 amide bonds. The van der Waals surface area contributed by atoms with Crippen LogP contribution in [0.3, 0.4) is 0 Å². The molecular formula is C19H13F3N2O4. The number of nitrogens with zero attached hydrogens (tertiary/aromatic N) is 1. The van der Waals surface area contributed by atoms with Crippen molar-refractivity contribution in [1.82, 2.24) is 4.98 Å². The zero-order valence-electron chi connectivity index (χ0n) is 14.4. The molecule has 0 fully saturated rings.